The topological polar surface area (TPSA) is 192 Å². The summed E-state index contributed by atoms with van der Waals surface area (Å²) < 4.78 is 48.1. The zero-order chi connectivity index (χ0) is 61.1. The van der Waals surface area contributed by atoms with Crippen LogP contribution in [0.4, 0.5) is 0 Å². The van der Waals surface area contributed by atoms with E-state index in [2.05, 4.69) is 23.3 Å². The van der Waals surface area contributed by atoms with E-state index in [1.165, 1.54) is 315 Å². The Kier molecular flexibility index (Phi) is 58.5. The smallest absolute Gasteiger partial charge is 0.394 e. The lowest BCUT2D eigenvalue weighted by molar-refractivity contribution is -0.298. The fraction of sp³-hybridized carbons (Fsp3) is 0.958. The van der Waals surface area contributed by atoms with Crippen molar-refractivity contribution in [3.05, 3.63) is 12.2 Å². The predicted octanol–water partition coefficient (Wildman–Crippen LogP) is 19.3. The number of aliphatic hydroxyl groups excluding tert-OH is 4. The number of carbonyl (C=O) groups is 1. The van der Waals surface area contributed by atoms with Crippen molar-refractivity contribution in [3.63, 3.8) is 0 Å². The minimum atomic E-state index is -5.09. The highest BCUT2D eigenvalue weighted by Crippen LogP contribution is 2.27. The number of ether oxygens (including phenoxy) is 2. The molecule has 1 amide bonds. The molecule has 6 N–H and O–H groups in total. The predicted molar refractivity (Wildman–Crippen MR) is 352 cm³/mol. The summed E-state index contributed by atoms with van der Waals surface area (Å²) in [6.45, 7) is 3.47. The quantitative estimate of drug-likeness (QED) is 0.0193. The molecule has 13 heteroatoms. The Morgan fingerprint density at radius 1 is 0.464 bits per heavy atom. The molecule has 1 aliphatic heterocycles. The summed E-state index contributed by atoms with van der Waals surface area (Å²) in [5, 5.41) is 45.2. The molecule has 0 spiro atoms. The van der Waals surface area contributed by atoms with Crippen LogP contribution in [0.2, 0.25) is 0 Å². The number of nitrogens with one attached hydrogen (secondary N) is 1. The van der Waals surface area contributed by atoms with E-state index in [0.29, 0.717) is 6.42 Å². The van der Waals surface area contributed by atoms with Gasteiger partial charge in [0, 0.05) is 6.42 Å². The maximum absolute atomic E-state index is 13.2. The van der Waals surface area contributed by atoms with Crippen molar-refractivity contribution in [1.82, 2.24) is 5.32 Å². The van der Waals surface area contributed by atoms with Gasteiger partial charge in [0.25, 0.3) is 0 Å². The highest BCUT2D eigenvalue weighted by molar-refractivity contribution is 7.80. The van der Waals surface area contributed by atoms with E-state index in [0.717, 1.165) is 38.5 Å². The van der Waals surface area contributed by atoms with Crippen molar-refractivity contribution in [2.24, 2.45) is 0 Å². The van der Waals surface area contributed by atoms with Crippen LogP contribution in [-0.2, 0) is 28.9 Å². The molecule has 1 aliphatic rings. The van der Waals surface area contributed by atoms with Crippen LogP contribution < -0.4 is 5.32 Å². The SMILES string of the molecule is CCCCCCCCCCCCCCCCCCCCCCCC/C=C/C(O)C(COC1OC(CO)C(O)C(OS(=O)(=O)O)C1O)NC(=O)CCCCCCCCCCCCCCCCCCCCCCCCCCCCCCCCCCC. The first kappa shape index (κ1) is 80.9. The van der Waals surface area contributed by atoms with Crippen molar-refractivity contribution in [2.45, 2.75) is 423 Å². The molecule has 1 fully saturated rings. The van der Waals surface area contributed by atoms with E-state index in [4.69, 9.17) is 9.47 Å². The lowest BCUT2D eigenvalue weighted by Gasteiger charge is -2.41. The first-order valence-electron chi connectivity index (χ1n) is 36.6. The molecule has 500 valence electrons. The van der Waals surface area contributed by atoms with Crippen molar-refractivity contribution >= 4 is 16.3 Å². The Morgan fingerprint density at radius 3 is 1.04 bits per heavy atom. The van der Waals surface area contributed by atoms with Gasteiger partial charge in [-0.25, -0.2) is 4.18 Å². The summed E-state index contributed by atoms with van der Waals surface area (Å²) in [6.07, 6.45) is 68.7. The van der Waals surface area contributed by atoms with Crippen LogP contribution in [0.3, 0.4) is 0 Å². The summed E-state index contributed by atoms with van der Waals surface area (Å²) >= 11 is 0. The maximum atomic E-state index is 13.2. The van der Waals surface area contributed by atoms with Gasteiger partial charge in [-0.1, -0.05) is 366 Å². The zero-order valence-corrected chi connectivity index (χ0v) is 55.8. The number of hydrogen-bond donors (Lipinski definition) is 6. The molecule has 0 aliphatic carbocycles. The van der Waals surface area contributed by atoms with Crippen LogP contribution in [0.15, 0.2) is 12.2 Å². The third-order valence-electron chi connectivity index (χ3n) is 17.8. The summed E-state index contributed by atoms with van der Waals surface area (Å²) in [5.41, 5.74) is 0. The largest absolute Gasteiger partial charge is 0.397 e. The lowest BCUT2D eigenvalue weighted by Crippen LogP contribution is -2.61. The lowest BCUT2D eigenvalue weighted by atomic mass is 9.99. The zero-order valence-electron chi connectivity index (χ0n) is 55.0. The van der Waals surface area contributed by atoms with Gasteiger partial charge in [0.2, 0.25) is 5.91 Å². The van der Waals surface area contributed by atoms with E-state index >= 15 is 0 Å². The third-order valence-corrected chi connectivity index (χ3v) is 18.3. The van der Waals surface area contributed by atoms with Crippen LogP contribution in [0.5, 0.6) is 0 Å². The van der Waals surface area contributed by atoms with Crippen LogP contribution in [0, 0.1) is 0 Å². The van der Waals surface area contributed by atoms with E-state index < -0.39 is 59.9 Å². The summed E-state index contributed by atoms with van der Waals surface area (Å²) in [5.74, 6) is -0.252. The molecular weight excluding hydrogens is 1070 g/mol. The molecule has 12 nitrogen and oxygen atoms in total. The van der Waals surface area contributed by atoms with Gasteiger partial charge in [-0.2, -0.15) is 8.42 Å². The molecule has 1 heterocycles. The molecule has 0 aromatic rings. The van der Waals surface area contributed by atoms with Crippen LogP contribution in [0.1, 0.15) is 380 Å². The van der Waals surface area contributed by atoms with E-state index in [1.54, 1.807) is 6.08 Å². The second-order valence-corrected chi connectivity index (χ2v) is 26.9. The minimum Gasteiger partial charge on any atom is -0.394 e. The third kappa shape index (κ3) is 51.7. The second kappa shape index (κ2) is 60.7. The first-order valence-corrected chi connectivity index (χ1v) is 37.9. The molecule has 7 unspecified atom stereocenters. The monoisotopic (exact) mass is 1210 g/mol. The average molecular weight is 1210 g/mol. The van der Waals surface area contributed by atoms with Gasteiger partial charge in [0.1, 0.15) is 24.4 Å². The molecule has 1 rings (SSSR count). The molecule has 0 radical (unpaired) electrons. The molecule has 0 saturated carbocycles. The van der Waals surface area contributed by atoms with Crippen LogP contribution in [-0.4, -0.2) is 95.4 Å². The summed E-state index contributed by atoms with van der Waals surface area (Å²) in [7, 11) is -5.09. The number of hydrogen-bond acceptors (Lipinski definition) is 10. The Morgan fingerprint density at radius 2 is 0.750 bits per heavy atom. The molecule has 0 aromatic heterocycles. The normalized spacial score (nSPS) is 18.3. The standard InChI is InChI=1S/C71H139NO11S/c1-3-5-7-9-11-13-15-17-19-21-23-25-27-29-30-31-32-33-34-35-36-37-39-41-43-45-47-49-51-53-55-57-59-61-67(75)72-64(63-81-71-69(77)70(83-84(78,79)80)68(76)66(62-73)82-71)65(74)60-58-56-54-52-50-48-46-44-42-40-38-28-26-24-22-20-18-16-14-12-10-8-6-4-2/h58,60,64-66,68-71,73-74,76-77H,3-57,59,61-63H2,1-2H3,(H,72,75)(H,78,79,80)/b60-58+. The molecule has 7 atom stereocenters. The molecule has 1 saturated heterocycles. The molecule has 0 aromatic carbocycles. The minimum absolute atomic E-state index is 0.252. The van der Waals surface area contributed by atoms with E-state index in [-0.39, 0.29) is 18.9 Å². The number of aliphatic hydroxyl groups is 4. The molecule has 0 bridgehead atoms. The van der Waals surface area contributed by atoms with Gasteiger partial charge in [-0.05, 0) is 19.3 Å². The highest BCUT2D eigenvalue weighted by atomic mass is 32.3. The summed E-state index contributed by atoms with van der Waals surface area (Å²) in [6, 6.07) is -0.942. The highest BCUT2D eigenvalue weighted by Gasteiger charge is 2.48. The van der Waals surface area contributed by atoms with Gasteiger partial charge >= 0.3 is 10.4 Å². The Balaban J connectivity index is 2.21. The van der Waals surface area contributed by atoms with Crippen LogP contribution >= 0.6 is 0 Å². The van der Waals surface area contributed by atoms with Crippen LogP contribution in [0.25, 0.3) is 0 Å². The molecular formula is C71H139NO11S. The van der Waals surface area contributed by atoms with Gasteiger partial charge in [0.05, 0.1) is 25.4 Å². The Labute approximate surface area is 519 Å². The van der Waals surface area contributed by atoms with E-state index in [1.807, 2.05) is 6.08 Å². The molecule has 84 heavy (non-hydrogen) atoms. The second-order valence-electron chi connectivity index (χ2n) is 25.9. The Hall–Kier alpha value is -1.16. The van der Waals surface area contributed by atoms with Gasteiger partial charge in [0.15, 0.2) is 6.29 Å². The van der Waals surface area contributed by atoms with Crippen molar-refractivity contribution in [2.75, 3.05) is 13.2 Å². The van der Waals surface area contributed by atoms with Crippen molar-refractivity contribution < 1.29 is 51.8 Å². The van der Waals surface area contributed by atoms with E-state index in [9.17, 15) is 38.2 Å². The van der Waals surface area contributed by atoms with Gasteiger partial charge in [-0.3, -0.25) is 9.35 Å². The van der Waals surface area contributed by atoms with Crippen molar-refractivity contribution in [3.8, 4) is 0 Å². The van der Waals surface area contributed by atoms with Crippen molar-refractivity contribution in [1.29, 1.82) is 0 Å². The average Bonchev–Trinajstić information content (AvgIpc) is 3.65. The number of amides is 1. The van der Waals surface area contributed by atoms with Gasteiger partial charge in [-0.15, -0.1) is 0 Å². The summed E-state index contributed by atoms with van der Waals surface area (Å²) in [4.78, 5) is 13.2. The first-order chi connectivity index (χ1) is 41.0. The number of allylic oxidation sites excluding steroid dienone is 1. The van der Waals surface area contributed by atoms with Gasteiger partial charge < -0.3 is 35.2 Å². The fourth-order valence-electron chi connectivity index (χ4n) is 12.2. The Bertz CT molecular complexity index is 1520. The fourth-order valence-corrected chi connectivity index (χ4v) is 12.7. The number of unbranched alkanes of at least 4 members (excludes halogenated alkanes) is 54. The number of rotatable bonds is 66. The number of carbonyl (C=O) groups excluding carboxylic acids is 1. The maximum Gasteiger partial charge on any atom is 0.397 e.